The van der Waals surface area contributed by atoms with Crippen LogP contribution in [0.5, 0.6) is 5.75 Å². The van der Waals surface area contributed by atoms with E-state index in [9.17, 15) is 4.79 Å². The molecule has 5 aromatic rings. The summed E-state index contributed by atoms with van der Waals surface area (Å²) in [6.07, 6.45) is 3.70. The second kappa shape index (κ2) is 10.2. The van der Waals surface area contributed by atoms with Crippen LogP contribution in [0.25, 0.3) is 16.6 Å². The van der Waals surface area contributed by atoms with Gasteiger partial charge in [-0.25, -0.2) is 5.43 Å². The Morgan fingerprint density at radius 1 is 1.00 bits per heavy atom. The maximum absolute atomic E-state index is 12.5. The highest BCUT2D eigenvalue weighted by Gasteiger charge is 2.12. The van der Waals surface area contributed by atoms with E-state index in [2.05, 4.69) is 65.6 Å². The Bertz CT molecular complexity index is 1550. The summed E-state index contributed by atoms with van der Waals surface area (Å²) in [5.41, 5.74) is 8.06. The normalized spacial score (nSPS) is 11.6. The summed E-state index contributed by atoms with van der Waals surface area (Å²) in [7, 11) is 0. The van der Waals surface area contributed by atoms with E-state index in [1.807, 2.05) is 48.7 Å². The van der Waals surface area contributed by atoms with E-state index in [1.165, 1.54) is 11.4 Å². The highest BCUT2D eigenvalue weighted by atomic mass is 16.5. The molecule has 0 radical (unpaired) electrons. The van der Waals surface area contributed by atoms with Crippen molar-refractivity contribution in [3.8, 4) is 11.4 Å². The topological polar surface area (TPSA) is 73.7 Å². The molecular weight excluding hydrogens is 464 g/mol. The molecule has 3 heterocycles. The molecule has 7 heteroatoms. The molecule has 7 nitrogen and oxygen atoms in total. The number of aryl methyl sites for hydroxylation is 2. The number of para-hydroxylation sites is 1. The minimum absolute atomic E-state index is 0.175. The molecule has 0 saturated carbocycles. The zero-order valence-electron chi connectivity index (χ0n) is 21.4. The highest BCUT2D eigenvalue weighted by molar-refractivity contribution is 6.00. The molecule has 2 aromatic carbocycles. The summed E-state index contributed by atoms with van der Waals surface area (Å²) in [6, 6.07) is 23.9. The van der Waals surface area contributed by atoms with Crippen molar-refractivity contribution < 1.29 is 13.9 Å². The maximum Gasteiger partial charge on any atom is 0.307 e. The monoisotopic (exact) mass is 494 g/mol. The van der Waals surface area contributed by atoms with Gasteiger partial charge in [0.05, 0.1) is 6.21 Å². The Hall–Kier alpha value is -4.52. The van der Waals surface area contributed by atoms with Crippen molar-refractivity contribution in [1.29, 1.82) is 0 Å². The van der Waals surface area contributed by atoms with Gasteiger partial charge in [0, 0.05) is 45.8 Å². The molecule has 37 heavy (non-hydrogen) atoms. The molecule has 1 N–H and O–H groups in total. The lowest BCUT2D eigenvalue weighted by atomic mass is 10.2. The third-order valence-corrected chi connectivity index (χ3v) is 6.33. The molecule has 0 atom stereocenters. The number of hydrogen-bond donors (Lipinski definition) is 1. The van der Waals surface area contributed by atoms with Crippen LogP contribution in [0, 0.1) is 13.8 Å². The van der Waals surface area contributed by atoms with Gasteiger partial charge < -0.3 is 18.3 Å². The molecule has 0 aliphatic heterocycles. The largest absolute Gasteiger partial charge is 0.486 e. The number of hydrazone groups is 1. The lowest BCUT2D eigenvalue weighted by Gasteiger charge is -2.10. The molecule has 0 bridgehead atoms. The number of ether oxygens (including phenoxy) is 1. The van der Waals surface area contributed by atoms with Crippen molar-refractivity contribution >= 4 is 23.0 Å². The number of carbonyl (C=O) groups is 1. The number of benzene rings is 2. The molecule has 5 rings (SSSR count). The first-order valence-electron chi connectivity index (χ1n) is 12.3. The summed E-state index contributed by atoms with van der Waals surface area (Å²) in [5.74, 6) is 1.03. The molecule has 0 fully saturated rings. The van der Waals surface area contributed by atoms with Gasteiger partial charge in [-0.1, -0.05) is 18.2 Å². The lowest BCUT2D eigenvalue weighted by Crippen LogP contribution is -2.16. The van der Waals surface area contributed by atoms with Crippen molar-refractivity contribution in [3.05, 3.63) is 107 Å². The van der Waals surface area contributed by atoms with Crippen molar-refractivity contribution in [2.45, 2.75) is 40.3 Å². The van der Waals surface area contributed by atoms with Crippen LogP contribution in [0.15, 0.2) is 88.5 Å². The Morgan fingerprint density at radius 3 is 2.46 bits per heavy atom. The first-order chi connectivity index (χ1) is 17.9. The molecule has 0 unspecified atom stereocenters. The predicted molar refractivity (Wildman–Crippen MR) is 146 cm³/mol. The van der Waals surface area contributed by atoms with Crippen molar-refractivity contribution in [2.24, 2.45) is 5.10 Å². The minimum atomic E-state index is -0.420. The summed E-state index contributed by atoms with van der Waals surface area (Å²) in [4.78, 5) is 12.5. The number of nitrogens with zero attached hydrogens (tertiary/aromatic N) is 3. The zero-order valence-corrected chi connectivity index (χ0v) is 21.4. The summed E-state index contributed by atoms with van der Waals surface area (Å²) in [6.45, 7) is 8.64. The van der Waals surface area contributed by atoms with E-state index in [1.54, 1.807) is 18.3 Å². The Balaban J connectivity index is 1.19. The van der Waals surface area contributed by atoms with Crippen molar-refractivity contribution in [2.75, 3.05) is 0 Å². The third-order valence-electron chi connectivity index (χ3n) is 6.33. The first-order valence-corrected chi connectivity index (χ1v) is 12.3. The van der Waals surface area contributed by atoms with E-state index in [0.29, 0.717) is 11.8 Å². The number of fused-ring (bicyclic) bond motifs is 1. The van der Waals surface area contributed by atoms with Gasteiger partial charge >= 0.3 is 5.91 Å². The number of amides is 1. The van der Waals surface area contributed by atoms with Crippen LogP contribution < -0.4 is 10.2 Å². The molecule has 188 valence electrons. The van der Waals surface area contributed by atoms with Crippen LogP contribution in [-0.4, -0.2) is 21.3 Å². The smallest absolute Gasteiger partial charge is 0.307 e. The Morgan fingerprint density at radius 2 is 1.73 bits per heavy atom. The average molecular weight is 495 g/mol. The minimum Gasteiger partial charge on any atom is -0.486 e. The van der Waals surface area contributed by atoms with Gasteiger partial charge in [0.25, 0.3) is 0 Å². The number of nitrogens with one attached hydrogen (secondary N) is 1. The fourth-order valence-electron chi connectivity index (χ4n) is 4.48. The zero-order chi connectivity index (χ0) is 25.9. The highest BCUT2D eigenvalue weighted by Crippen LogP contribution is 2.24. The summed E-state index contributed by atoms with van der Waals surface area (Å²) in [5, 5.41) is 5.24. The van der Waals surface area contributed by atoms with Crippen LogP contribution >= 0.6 is 0 Å². The van der Waals surface area contributed by atoms with Gasteiger partial charge in [0.2, 0.25) is 0 Å². The fraction of sp³-hybridized carbons (Fsp3) is 0.200. The number of furan rings is 1. The standard InChI is InChI=1S/C30H30N4O3/c1-20(2)33-18-23(27-7-5-6-8-28(27)33)17-31-32-30(35)29-16-15-26(37-29)19-36-25-13-11-24(12-14-25)34-21(3)9-10-22(34)4/h5-18,20H,19H2,1-4H3,(H,32,35)/b31-17+. The van der Waals surface area contributed by atoms with Crippen LogP contribution in [0.3, 0.4) is 0 Å². The van der Waals surface area contributed by atoms with Crippen LogP contribution in [0.4, 0.5) is 0 Å². The Kier molecular flexibility index (Phi) is 6.68. The molecule has 0 spiro atoms. The van der Waals surface area contributed by atoms with Gasteiger partial charge in [-0.05, 0) is 82.3 Å². The number of rotatable bonds is 8. The van der Waals surface area contributed by atoms with Gasteiger partial charge in [-0.2, -0.15) is 5.10 Å². The number of aromatic nitrogens is 2. The maximum atomic E-state index is 12.5. The molecular formula is C30H30N4O3. The van der Waals surface area contributed by atoms with E-state index in [-0.39, 0.29) is 12.4 Å². The lowest BCUT2D eigenvalue weighted by molar-refractivity contribution is 0.0923. The summed E-state index contributed by atoms with van der Waals surface area (Å²) < 4.78 is 15.9. The second-order valence-corrected chi connectivity index (χ2v) is 9.30. The third kappa shape index (κ3) is 5.07. The van der Waals surface area contributed by atoms with Gasteiger partial charge in [0.1, 0.15) is 18.1 Å². The van der Waals surface area contributed by atoms with Crippen LogP contribution in [0.2, 0.25) is 0 Å². The van der Waals surface area contributed by atoms with Gasteiger partial charge in [-0.15, -0.1) is 0 Å². The van der Waals surface area contributed by atoms with E-state index in [4.69, 9.17) is 9.15 Å². The van der Waals surface area contributed by atoms with Gasteiger partial charge in [0.15, 0.2) is 5.76 Å². The SMILES string of the molecule is Cc1ccc(C)n1-c1ccc(OCc2ccc(C(=O)N/N=C/c3cn(C(C)C)c4ccccc34)o2)cc1. The Labute approximate surface area is 216 Å². The van der Waals surface area contributed by atoms with Crippen molar-refractivity contribution in [3.63, 3.8) is 0 Å². The molecule has 3 aromatic heterocycles. The van der Waals surface area contributed by atoms with Crippen molar-refractivity contribution in [1.82, 2.24) is 14.6 Å². The summed E-state index contributed by atoms with van der Waals surface area (Å²) >= 11 is 0. The second-order valence-electron chi connectivity index (χ2n) is 9.30. The first kappa shape index (κ1) is 24.2. The average Bonchev–Trinajstić information content (AvgIpc) is 3.61. The predicted octanol–water partition coefficient (Wildman–Crippen LogP) is 6.57. The van der Waals surface area contributed by atoms with Crippen LogP contribution in [0.1, 0.15) is 53.2 Å². The number of hydrogen-bond acceptors (Lipinski definition) is 4. The molecule has 1 amide bonds. The molecule has 0 aliphatic rings. The van der Waals surface area contributed by atoms with E-state index < -0.39 is 5.91 Å². The quantitative estimate of drug-likeness (QED) is 0.196. The number of carbonyl (C=O) groups excluding carboxylic acids is 1. The van der Waals surface area contributed by atoms with Crippen LogP contribution in [-0.2, 0) is 6.61 Å². The van der Waals surface area contributed by atoms with E-state index in [0.717, 1.165) is 27.9 Å². The molecule has 0 aliphatic carbocycles. The fourth-order valence-corrected chi connectivity index (χ4v) is 4.48. The van der Waals surface area contributed by atoms with Gasteiger partial charge in [-0.3, -0.25) is 4.79 Å². The molecule has 0 saturated heterocycles. The van der Waals surface area contributed by atoms with E-state index >= 15 is 0 Å².